The quantitative estimate of drug-likeness (QED) is 0.437. The summed E-state index contributed by atoms with van der Waals surface area (Å²) in [5, 5.41) is 37.2. The third kappa shape index (κ3) is 2.36. The van der Waals surface area contributed by atoms with Gasteiger partial charge in [0.25, 0.3) is 0 Å². The standard InChI is InChI=1S/C9H11NO5/c10-7(9(14)15)8(13)4-1-2-5(11)6(12)3-4/h1-3,7-8,11-13H,10H2,(H,14,15)/i1D,2D,3D,7D,8D. The van der Waals surface area contributed by atoms with Crippen LogP contribution in [0.4, 0.5) is 0 Å². The van der Waals surface area contributed by atoms with Gasteiger partial charge in [0.2, 0.25) is 0 Å². The van der Waals surface area contributed by atoms with Crippen LogP contribution in [0.15, 0.2) is 18.1 Å². The Bertz CT molecular complexity index is 560. The molecule has 0 radical (unpaired) electrons. The fourth-order valence-corrected chi connectivity index (χ4v) is 0.744. The van der Waals surface area contributed by atoms with Crippen LogP contribution in [0.25, 0.3) is 0 Å². The summed E-state index contributed by atoms with van der Waals surface area (Å²) in [6, 6.07) is -6.66. The van der Waals surface area contributed by atoms with E-state index in [4.69, 9.17) is 17.7 Å². The van der Waals surface area contributed by atoms with Crippen LogP contribution in [0.2, 0.25) is 0 Å². The van der Waals surface area contributed by atoms with Gasteiger partial charge in [-0.15, -0.1) is 0 Å². The molecule has 0 aromatic heterocycles. The smallest absolute Gasteiger partial charge is 0.323 e. The van der Waals surface area contributed by atoms with Crippen LogP contribution in [0.1, 0.15) is 18.5 Å². The molecule has 6 heteroatoms. The Hall–Kier alpha value is -1.79. The van der Waals surface area contributed by atoms with Gasteiger partial charge in [0, 0.05) is 0 Å². The maximum Gasteiger partial charge on any atom is 0.323 e. The molecule has 15 heavy (non-hydrogen) atoms. The summed E-state index contributed by atoms with van der Waals surface area (Å²) in [5.41, 5.74) is 3.83. The Morgan fingerprint density at radius 2 is 2.07 bits per heavy atom. The predicted octanol–water partition coefficient (Wildman–Crippen LogP) is -0.457. The van der Waals surface area contributed by atoms with E-state index in [1.165, 1.54) is 0 Å². The SMILES string of the molecule is [2H]c1c([2H])c(C([2H])(O)C([2H])(N)C(=O)O)c([2H])c(O)c1O. The van der Waals surface area contributed by atoms with Crippen LogP contribution in [0.5, 0.6) is 11.5 Å². The average Bonchev–Trinajstić information content (AvgIpc) is 2.33. The number of nitrogens with two attached hydrogens (primary N) is 1. The number of aromatic hydroxyl groups is 2. The zero-order chi connectivity index (χ0) is 16.0. The fraction of sp³-hybridized carbons (Fsp3) is 0.222. The number of hydrogen-bond acceptors (Lipinski definition) is 5. The number of hydrogen-bond donors (Lipinski definition) is 5. The van der Waals surface area contributed by atoms with E-state index in [-0.39, 0.29) is 0 Å². The first-order valence-corrected chi connectivity index (χ1v) is 3.64. The van der Waals surface area contributed by atoms with Gasteiger partial charge in [0.15, 0.2) is 11.5 Å². The van der Waals surface area contributed by atoms with Crippen molar-refractivity contribution >= 4 is 5.97 Å². The molecule has 1 rings (SSSR count). The van der Waals surface area contributed by atoms with Gasteiger partial charge < -0.3 is 26.2 Å². The van der Waals surface area contributed by atoms with Gasteiger partial charge in [-0.25, -0.2) is 0 Å². The van der Waals surface area contributed by atoms with Crippen LogP contribution in [-0.4, -0.2) is 32.4 Å². The lowest BCUT2D eigenvalue weighted by atomic mass is 10.0. The lowest BCUT2D eigenvalue weighted by molar-refractivity contribution is -0.141. The normalized spacial score (nSPS) is 23.5. The van der Waals surface area contributed by atoms with Gasteiger partial charge in [-0.3, -0.25) is 4.79 Å². The molecule has 82 valence electrons. The van der Waals surface area contributed by atoms with Crippen molar-refractivity contribution in [1.29, 1.82) is 0 Å². The van der Waals surface area contributed by atoms with Crippen LogP contribution in [0.3, 0.4) is 0 Å². The molecule has 0 spiro atoms. The Kier molecular flexibility index (Phi) is 1.65. The number of carboxylic acids is 1. The molecule has 0 aliphatic carbocycles. The maximum atomic E-state index is 10.8. The van der Waals surface area contributed by atoms with Gasteiger partial charge in [-0.05, 0) is 17.6 Å². The first kappa shape index (κ1) is 5.94. The van der Waals surface area contributed by atoms with Crippen molar-refractivity contribution in [1.82, 2.24) is 0 Å². The minimum Gasteiger partial charge on any atom is -0.504 e. The molecule has 0 saturated carbocycles. The molecule has 6 nitrogen and oxygen atoms in total. The number of aliphatic hydroxyl groups is 1. The first-order chi connectivity index (χ1) is 8.87. The summed E-state index contributed by atoms with van der Waals surface area (Å²) in [4.78, 5) is 10.8. The summed E-state index contributed by atoms with van der Waals surface area (Å²) in [6.07, 6.45) is -3.51. The van der Waals surface area contributed by atoms with Crippen molar-refractivity contribution in [2.75, 3.05) is 0 Å². The number of benzene rings is 1. The highest BCUT2D eigenvalue weighted by atomic mass is 16.4. The molecule has 0 heterocycles. The second-order valence-electron chi connectivity index (χ2n) is 2.51. The summed E-state index contributed by atoms with van der Waals surface area (Å²) < 4.78 is 36.9. The highest BCUT2D eigenvalue weighted by molar-refractivity contribution is 5.74. The number of carboxylic acid groups (broad SMARTS) is 1. The molecule has 1 aromatic carbocycles. The number of carbonyl (C=O) groups is 1. The zero-order valence-electron chi connectivity index (χ0n) is 12.3. The van der Waals surface area contributed by atoms with Crippen molar-refractivity contribution in [3.8, 4) is 11.5 Å². The molecule has 0 amide bonds. The van der Waals surface area contributed by atoms with E-state index >= 15 is 0 Å². The van der Waals surface area contributed by atoms with Crippen LogP contribution in [0, 0.1) is 0 Å². The highest BCUT2D eigenvalue weighted by Gasteiger charge is 2.24. The highest BCUT2D eigenvalue weighted by Crippen LogP contribution is 2.28. The molecule has 0 saturated heterocycles. The van der Waals surface area contributed by atoms with E-state index < -0.39 is 53.3 Å². The van der Waals surface area contributed by atoms with Gasteiger partial charge in [-0.2, -0.15) is 0 Å². The van der Waals surface area contributed by atoms with E-state index in [1.54, 1.807) is 0 Å². The Morgan fingerprint density at radius 3 is 2.60 bits per heavy atom. The Balaban J connectivity index is 3.76. The largest absolute Gasteiger partial charge is 0.504 e. The van der Waals surface area contributed by atoms with E-state index in [9.17, 15) is 20.1 Å². The predicted molar refractivity (Wildman–Crippen MR) is 50.3 cm³/mol. The molecule has 2 atom stereocenters. The van der Waals surface area contributed by atoms with Crippen molar-refractivity contribution in [2.24, 2.45) is 5.73 Å². The first-order valence-electron chi connectivity index (χ1n) is 6.14. The monoisotopic (exact) mass is 218 g/mol. The van der Waals surface area contributed by atoms with Crippen molar-refractivity contribution in [3.63, 3.8) is 0 Å². The van der Waals surface area contributed by atoms with Crippen molar-refractivity contribution < 1.29 is 32.1 Å². The van der Waals surface area contributed by atoms with Crippen LogP contribution < -0.4 is 5.73 Å². The molecule has 2 unspecified atom stereocenters. The van der Waals surface area contributed by atoms with Gasteiger partial charge in [0.1, 0.15) is 12.1 Å². The lowest BCUT2D eigenvalue weighted by Gasteiger charge is -2.15. The second kappa shape index (κ2) is 4.16. The molecular weight excluding hydrogens is 202 g/mol. The molecule has 0 fully saturated rings. The minimum absolute atomic E-state index is 1.04. The summed E-state index contributed by atoms with van der Waals surface area (Å²) >= 11 is 0. The number of phenolic OH excluding ortho intramolecular Hbond substituents is 2. The topological polar surface area (TPSA) is 124 Å². The third-order valence-corrected chi connectivity index (χ3v) is 1.50. The number of aliphatic carboxylic acids is 1. The van der Waals surface area contributed by atoms with Crippen LogP contribution >= 0.6 is 0 Å². The molecule has 6 N–H and O–H groups in total. The average molecular weight is 218 g/mol. The van der Waals surface area contributed by atoms with Gasteiger partial charge in [0.05, 0.1) is 6.85 Å². The van der Waals surface area contributed by atoms with Gasteiger partial charge in [-0.1, -0.05) is 6.04 Å². The summed E-state index contributed by atoms with van der Waals surface area (Å²) in [5.74, 6) is -4.48. The summed E-state index contributed by atoms with van der Waals surface area (Å²) in [7, 11) is 0. The molecule has 0 bridgehead atoms. The third-order valence-electron chi connectivity index (χ3n) is 1.50. The van der Waals surface area contributed by atoms with Gasteiger partial charge >= 0.3 is 5.97 Å². The van der Waals surface area contributed by atoms with E-state index in [0.29, 0.717) is 0 Å². The van der Waals surface area contributed by atoms with E-state index in [2.05, 4.69) is 0 Å². The maximum absolute atomic E-state index is 10.8. The summed E-state index contributed by atoms with van der Waals surface area (Å²) in [6.45, 7) is 0. The Morgan fingerprint density at radius 1 is 1.47 bits per heavy atom. The number of phenols is 2. The molecular formula is C9H11NO5. The second-order valence-corrected chi connectivity index (χ2v) is 2.51. The lowest BCUT2D eigenvalue weighted by Crippen LogP contribution is -2.36. The Labute approximate surface area is 92.2 Å². The molecule has 0 aliphatic heterocycles. The van der Waals surface area contributed by atoms with E-state index in [1.807, 2.05) is 0 Å². The molecule has 0 aliphatic rings. The molecule has 1 aromatic rings. The van der Waals surface area contributed by atoms with Crippen LogP contribution in [-0.2, 0) is 4.79 Å². The fourth-order valence-electron chi connectivity index (χ4n) is 0.744. The van der Waals surface area contributed by atoms with Crippen molar-refractivity contribution in [3.05, 3.63) is 23.7 Å². The van der Waals surface area contributed by atoms with E-state index in [0.717, 1.165) is 0 Å². The number of rotatable bonds is 3. The zero-order valence-corrected chi connectivity index (χ0v) is 7.27. The minimum atomic E-state index is -3.51. The van der Waals surface area contributed by atoms with Crippen molar-refractivity contribution in [2.45, 2.75) is 12.1 Å².